The summed E-state index contributed by atoms with van der Waals surface area (Å²) in [4.78, 5) is 19.5. The number of hydrogen-bond donors (Lipinski definition) is 2. The molecule has 1 unspecified atom stereocenters. The first-order valence-corrected chi connectivity index (χ1v) is 13.0. The molecule has 1 saturated heterocycles. The predicted molar refractivity (Wildman–Crippen MR) is 148 cm³/mol. The van der Waals surface area contributed by atoms with Gasteiger partial charge in [-0.25, -0.2) is 13.6 Å². The number of primary amides is 1. The second-order valence-electron chi connectivity index (χ2n) is 9.62. The quantitative estimate of drug-likeness (QED) is 0.288. The molecule has 0 saturated carbocycles. The van der Waals surface area contributed by atoms with Gasteiger partial charge in [-0.3, -0.25) is 9.88 Å². The van der Waals surface area contributed by atoms with Crippen molar-refractivity contribution in [3.8, 4) is 23.3 Å². The Bertz CT molecular complexity index is 1600. The summed E-state index contributed by atoms with van der Waals surface area (Å²) in [6, 6.07) is 14.6. The van der Waals surface area contributed by atoms with Crippen molar-refractivity contribution in [3.05, 3.63) is 84.1 Å². The maximum absolute atomic E-state index is 15.2. The highest BCUT2D eigenvalue weighted by atomic mass is 19.1. The number of aromatic nitrogens is 1. The Morgan fingerprint density at radius 3 is 2.54 bits per heavy atom. The van der Waals surface area contributed by atoms with Crippen molar-refractivity contribution in [3.63, 3.8) is 0 Å². The van der Waals surface area contributed by atoms with Gasteiger partial charge < -0.3 is 25.2 Å². The number of halogens is 2. The van der Waals surface area contributed by atoms with Crippen LogP contribution in [0.15, 0.2) is 66.9 Å². The Hall–Kier alpha value is -4.79. The molecule has 4 aromatic rings. The Morgan fingerprint density at radius 2 is 1.85 bits per heavy atom. The van der Waals surface area contributed by atoms with Crippen LogP contribution in [-0.4, -0.2) is 53.4 Å². The average Bonchev–Trinajstić information content (AvgIpc) is 3.46. The smallest absolute Gasteiger partial charge is 0.323 e. The minimum absolute atomic E-state index is 0.0265. The molecular formula is C30H27F2N5O4. The number of aliphatic hydroxyl groups excluding tert-OH is 1. The molecule has 0 bridgehead atoms. The number of pyridine rings is 1. The van der Waals surface area contributed by atoms with Gasteiger partial charge in [0.05, 0.1) is 22.5 Å². The van der Waals surface area contributed by atoms with Crippen molar-refractivity contribution >= 4 is 28.3 Å². The van der Waals surface area contributed by atoms with Gasteiger partial charge in [-0.2, -0.15) is 5.26 Å². The molecule has 0 spiro atoms. The van der Waals surface area contributed by atoms with Crippen molar-refractivity contribution in [2.45, 2.75) is 18.9 Å². The molecule has 1 fully saturated rings. The summed E-state index contributed by atoms with van der Waals surface area (Å²) in [5.41, 5.74) is 6.23. The number of carbonyl (C=O) groups is 1. The molecule has 1 aromatic heterocycles. The van der Waals surface area contributed by atoms with E-state index < -0.39 is 23.8 Å². The van der Waals surface area contributed by atoms with Crippen LogP contribution in [0, 0.1) is 23.0 Å². The van der Waals surface area contributed by atoms with Crippen molar-refractivity contribution in [1.82, 2.24) is 9.88 Å². The van der Waals surface area contributed by atoms with Crippen LogP contribution in [-0.2, 0) is 0 Å². The van der Waals surface area contributed by atoms with Crippen molar-refractivity contribution < 1.29 is 28.2 Å². The molecule has 0 aliphatic carbocycles. The fourth-order valence-electron chi connectivity index (χ4n) is 4.78. The van der Waals surface area contributed by atoms with Crippen LogP contribution in [0.5, 0.6) is 17.2 Å². The SMILES string of the molecule is N#Cc1cc2c(Oc3ccc(N(C(N)=O)c4ccc(F)cc4)c(F)c3)ccnc2cc1OCC(O)CN1CCCC1. The molecule has 5 rings (SSSR count). The number of urea groups is 1. The first-order chi connectivity index (χ1) is 19.8. The van der Waals surface area contributed by atoms with Crippen molar-refractivity contribution in [2.24, 2.45) is 5.73 Å². The van der Waals surface area contributed by atoms with Crippen LogP contribution in [0.2, 0.25) is 0 Å². The molecule has 2 amide bonds. The van der Waals surface area contributed by atoms with Gasteiger partial charge >= 0.3 is 6.03 Å². The molecular weight excluding hydrogens is 532 g/mol. The fraction of sp³-hybridized carbons (Fsp3) is 0.233. The number of amides is 2. The number of β-amino-alcohol motifs (C(OH)–C–C–N with tert-alkyl or cyclic N) is 1. The lowest BCUT2D eigenvalue weighted by Gasteiger charge is -2.21. The predicted octanol–water partition coefficient (Wildman–Crippen LogP) is 5.23. The number of aliphatic hydroxyl groups is 1. The van der Waals surface area contributed by atoms with Gasteiger partial charge in [-0.05, 0) is 74.5 Å². The number of fused-ring (bicyclic) bond motifs is 1. The number of likely N-dealkylation sites (tertiary alicyclic amines) is 1. The summed E-state index contributed by atoms with van der Waals surface area (Å²) < 4.78 is 40.3. The number of ether oxygens (including phenoxy) is 2. The van der Waals surface area contributed by atoms with Crippen LogP contribution >= 0.6 is 0 Å². The van der Waals surface area contributed by atoms with E-state index >= 15 is 4.39 Å². The highest BCUT2D eigenvalue weighted by Gasteiger charge is 2.21. The number of rotatable bonds is 9. The van der Waals surface area contributed by atoms with E-state index in [9.17, 15) is 19.6 Å². The molecule has 11 heteroatoms. The Balaban J connectivity index is 1.36. The summed E-state index contributed by atoms with van der Waals surface area (Å²) in [6.07, 6.45) is 3.03. The molecule has 9 nitrogen and oxygen atoms in total. The largest absolute Gasteiger partial charge is 0.489 e. The molecule has 41 heavy (non-hydrogen) atoms. The second-order valence-corrected chi connectivity index (χ2v) is 9.62. The van der Waals surface area contributed by atoms with Gasteiger partial charge in [-0.1, -0.05) is 0 Å². The Labute approximate surface area is 234 Å². The average molecular weight is 560 g/mol. The first kappa shape index (κ1) is 27.8. The van der Waals surface area contributed by atoms with E-state index in [0.29, 0.717) is 23.2 Å². The number of benzene rings is 3. The highest BCUT2D eigenvalue weighted by molar-refractivity contribution is 5.98. The number of nitriles is 1. The van der Waals surface area contributed by atoms with E-state index in [1.807, 2.05) is 0 Å². The third-order valence-corrected chi connectivity index (χ3v) is 6.72. The minimum atomic E-state index is -0.949. The molecule has 1 aliphatic rings. The minimum Gasteiger partial charge on any atom is -0.489 e. The van der Waals surface area contributed by atoms with E-state index in [2.05, 4.69) is 16.0 Å². The molecule has 2 heterocycles. The molecule has 0 radical (unpaired) electrons. The van der Waals surface area contributed by atoms with E-state index in [-0.39, 0.29) is 35.0 Å². The van der Waals surface area contributed by atoms with Crippen LogP contribution in [0.25, 0.3) is 10.9 Å². The van der Waals surface area contributed by atoms with Gasteiger partial charge in [0.25, 0.3) is 0 Å². The van der Waals surface area contributed by atoms with Gasteiger partial charge in [0.2, 0.25) is 0 Å². The monoisotopic (exact) mass is 559 g/mol. The zero-order valence-electron chi connectivity index (χ0n) is 22.0. The zero-order valence-corrected chi connectivity index (χ0v) is 22.0. The molecule has 1 aliphatic heterocycles. The number of anilines is 2. The van der Waals surface area contributed by atoms with E-state index in [1.54, 1.807) is 18.2 Å². The van der Waals surface area contributed by atoms with Crippen LogP contribution < -0.4 is 20.1 Å². The summed E-state index contributed by atoms with van der Waals surface area (Å²) in [5.74, 6) is -0.603. The first-order valence-electron chi connectivity index (χ1n) is 13.0. The van der Waals surface area contributed by atoms with E-state index in [1.165, 1.54) is 30.5 Å². The molecule has 210 valence electrons. The second kappa shape index (κ2) is 12.2. The Kier molecular flexibility index (Phi) is 8.24. The van der Waals surface area contributed by atoms with Crippen LogP contribution in [0.4, 0.5) is 25.0 Å². The summed E-state index contributed by atoms with van der Waals surface area (Å²) in [5, 5.41) is 20.6. The maximum Gasteiger partial charge on any atom is 0.323 e. The standard InChI is InChI=1S/C30H27F2N5O4/c31-20-3-5-21(6-4-20)37(30(34)39)27-8-7-23(14-25(27)32)41-28-9-10-35-26-15-29(19(16-33)13-24(26)28)40-18-22(38)17-36-11-1-2-12-36/h3-10,13-15,22,38H,1-2,11-12,17-18H2,(H2,34,39). The lowest BCUT2D eigenvalue weighted by molar-refractivity contribution is 0.0758. The molecule has 3 aromatic carbocycles. The summed E-state index contributed by atoms with van der Waals surface area (Å²) in [7, 11) is 0. The van der Waals surface area contributed by atoms with Crippen LogP contribution in [0.3, 0.4) is 0 Å². The third-order valence-electron chi connectivity index (χ3n) is 6.72. The maximum atomic E-state index is 15.2. The van der Waals surface area contributed by atoms with E-state index in [0.717, 1.165) is 49.0 Å². The summed E-state index contributed by atoms with van der Waals surface area (Å²) >= 11 is 0. The van der Waals surface area contributed by atoms with Gasteiger partial charge in [-0.15, -0.1) is 0 Å². The number of nitrogens with two attached hydrogens (primary N) is 1. The van der Waals surface area contributed by atoms with Gasteiger partial charge in [0.1, 0.15) is 41.8 Å². The van der Waals surface area contributed by atoms with Crippen LogP contribution in [0.1, 0.15) is 18.4 Å². The van der Waals surface area contributed by atoms with Gasteiger partial charge in [0.15, 0.2) is 5.82 Å². The molecule has 1 atom stereocenters. The van der Waals surface area contributed by atoms with Gasteiger partial charge in [0, 0.05) is 30.3 Å². The number of hydrogen-bond acceptors (Lipinski definition) is 7. The highest BCUT2D eigenvalue weighted by Crippen LogP contribution is 2.35. The molecule has 3 N–H and O–H groups in total. The third kappa shape index (κ3) is 6.35. The lowest BCUT2D eigenvalue weighted by atomic mass is 10.1. The zero-order chi connectivity index (χ0) is 28.9. The normalized spacial score (nSPS) is 14.0. The lowest BCUT2D eigenvalue weighted by Crippen LogP contribution is -2.33. The van der Waals surface area contributed by atoms with Crippen molar-refractivity contribution in [1.29, 1.82) is 5.26 Å². The fourth-order valence-corrected chi connectivity index (χ4v) is 4.78. The summed E-state index contributed by atoms with van der Waals surface area (Å²) in [6.45, 7) is 2.43. The van der Waals surface area contributed by atoms with Crippen molar-refractivity contribution in [2.75, 3.05) is 31.1 Å². The number of carbonyl (C=O) groups excluding carboxylic acids is 1. The Morgan fingerprint density at radius 1 is 1.10 bits per heavy atom. The van der Waals surface area contributed by atoms with E-state index in [4.69, 9.17) is 15.2 Å². The topological polar surface area (TPSA) is 125 Å². The number of nitrogens with zero attached hydrogens (tertiary/aromatic N) is 4.